The molecule has 0 aliphatic rings. The molecule has 1 rings (SSSR count). The Morgan fingerprint density at radius 1 is 0.889 bits per heavy atom. The van der Waals surface area contributed by atoms with E-state index in [0.717, 1.165) is 12.0 Å². The van der Waals surface area contributed by atoms with E-state index >= 15 is 0 Å². The molecule has 0 aromatic heterocycles. The number of ether oxygens (including phenoxy) is 1. The van der Waals surface area contributed by atoms with Crippen LogP contribution < -0.4 is 0 Å². The molecule has 0 spiro atoms. The van der Waals surface area contributed by atoms with E-state index in [1.54, 1.807) is 6.08 Å². The molecule has 1 aromatic rings. The molecule has 0 aliphatic carbocycles. The molecule has 0 saturated carbocycles. The van der Waals surface area contributed by atoms with Crippen LogP contribution in [0.15, 0.2) is 30.3 Å². The Balaban J connectivity index is 2.29. The van der Waals surface area contributed by atoms with Crippen molar-refractivity contribution in [3.63, 3.8) is 0 Å². The van der Waals surface area contributed by atoms with Crippen LogP contribution in [-0.2, 0) is 16.0 Å². The van der Waals surface area contributed by atoms with E-state index in [1.165, 1.54) is 69.8 Å². The standard InChI is InChI=1S/C25H40O2/c1-5-6-7-8-9-10-11-12-13-14-17-22-18-15-16-19-23(22)20-21-24(26)27-25(2,3)4/h15-16,18-21H,5-14,17H2,1-4H3. The highest BCUT2D eigenvalue weighted by atomic mass is 16.6. The van der Waals surface area contributed by atoms with Crippen molar-refractivity contribution in [2.45, 2.75) is 104 Å². The number of hydrogen-bond acceptors (Lipinski definition) is 2. The van der Waals surface area contributed by atoms with E-state index < -0.39 is 5.60 Å². The lowest BCUT2D eigenvalue weighted by Gasteiger charge is -2.18. The molecule has 0 heterocycles. The van der Waals surface area contributed by atoms with Gasteiger partial charge in [0.2, 0.25) is 0 Å². The molecule has 1 aromatic carbocycles. The molecule has 0 atom stereocenters. The van der Waals surface area contributed by atoms with Crippen LogP contribution in [0.25, 0.3) is 6.08 Å². The number of carbonyl (C=O) groups is 1. The first kappa shape index (κ1) is 23.5. The zero-order valence-electron chi connectivity index (χ0n) is 18.1. The van der Waals surface area contributed by atoms with Gasteiger partial charge in [0.05, 0.1) is 0 Å². The van der Waals surface area contributed by atoms with Crippen molar-refractivity contribution in [3.8, 4) is 0 Å². The van der Waals surface area contributed by atoms with Crippen molar-refractivity contribution in [1.29, 1.82) is 0 Å². The maximum atomic E-state index is 11.9. The summed E-state index contributed by atoms with van der Waals surface area (Å²) in [6.45, 7) is 7.93. The van der Waals surface area contributed by atoms with Gasteiger partial charge < -0.3 is 4.74 Å². The molecule has 0 unspecified atom stereocenters. The molecule has 0 fully saturated rings. The molecule has 27 heavy (non-hydrogen) atoms. The molecule has 0 N–H and O–H groups in total. The minimum atomic E-state index is -0.447. The third-order valence-electron chi connectivity index (χ3n) is 4.66. The normalized spacial score (nSPS) is 11.9. The van der Waals surface area contributed by atoms with Gasteiger partial charge in [-0.15, -0.1) is 0 Å². The molecular weight excluding hydrogens is 332 g/mol. The van der Waals surface area contributed by atoms with Crippen molar-refractivity contribution in [3.05, 3.63) is 41.5 Å². The maximum Gasteiger partial charge on any atom is 0.331 e. The summed E-state index contributed by atoms with van der Waals surface area (Å²) in [4.78, 5) is 11.9. The Labute approximate surface area is 167 Å². The van der Waals surface area contributed by atoms with Gasteiger partial charge in [-0.05, 0) is 50.8 Å². The van der Waals surface area contributed by atoms with Gasteiger partial charge in [0.15, 0.2) is 0 Å². The molecule has 0 radical (unpaired) electrons. The molecule has 0 saturated heterocycles. The van der Waals surface area contributed by atoms with Crippen LogP contribution in [-0.4, -0.2) is 11.6 Å². The number of hydrogen-bond donors (Lipinski definition) is 0. The monoisotopic (exact) mass is 372 g/mol. The highest BCUT2D eigenvalue weighted by Crippen LogP contribution is 2.17. The summed E-state index contributed by atoms with van der Waals surface area (Å²) in [7, 11) is 0. The molecule has 0 bridgehead atoms. The lowest BCUT2D eigenvalue weighted by molar-refractivity contribution is -0.148. The minimum Gasteiger partial charge on any atom is -0.457 e. The first-order valence-electron chi connectivity index (χ1n) is 10.9. The Kier molecular flexibility index (Phi) is 11.8. The summed E-state index contributed by atoms with van der Waals surface area (Å²) < 4.78 is 5.34. The highest BCUT2D eigenvalue weighted by Gasteiger charge is 2.13. The topological polar surface area (TPSA) is 26.3 Å². The fourth-order valence-corrected chi connectivity index (χ4v) is 3.22. The molecule has 0 aliphatic heterocycles. The summed E-state index contributed by atoms with van der Waals surface area (Å²) in [5.41, 5.74) is 1.99. The molecule has 152 valence electrons. The average molecular weight is 373 g/mol. The first-order chi connectivity index (χ1) is 12.9. The fraction of sp³-hybridized carbons (Fsp3) is 0.640. The van der Waals surface area contributed by atoms with Gasteiger partial charge in [-0.1, -0.05) is 89.0 Å². The Hall–Kier alpha value is -1.57. The van der Waals surface area contributed by atoms with E-state index in [2.05, 4.69) is 25.1 Å². The van der Waals surface area contributed by atoms with Gasteiger partial charge >= 0.3 is 5.97 Å². The molecule has 2 heteroatoms. The quantitative estimate of drug-likeness (QED) is 0.203. The Morgan fingerprint density at radius 2 is 1.44 bits per heavy atom. The number of unbranched alkanes of at least 4 members (excludes halogenated alkanes) is 9. The van der Waals surface area contributed by atoms with Crippen molar-refractivity contribution in [2.24, 2.45) is 0 Å². The summed E-state index contributed by atoms with van der Waals surface area (Å²) in [5, 5.41) is 0. The van der Waals surface area contributed by atoms with Crippen LogP contribution in [0.4, 0.5) is 0 Å². The van der Waals surface area contributed by atoms with Crippen molar-refractivity contribution in [1.82, 2.24) is 0 Å². The summed E-state index contributed by atoms with van der Waals surface area (Å²) in [6, 6.07) is 8.35. The van der Waals surface area contributed by atoms with E-state index in [-0.39, 0.29) is 5.97 Å². The predicted octanol–water partition coefficient (Wildman–Crippen LogP) is 7.50. The van der Waals surface area contributed by atoms with Crippen LogP contribution in [0.2, 0.25) is 0 Å². The van der Waals surface area contributed by atoms with Crippen LogP contribution in [0, 0.1) is 0 Å². The second-order valence-corrected chi connectivity index (χ2v) is 8.50. The lowest BCUT2D eigenvalue weighted by atomic mass is 10.00. The number of rotatable bonds is 13. The van der Waals surface area contributed by atoms with Gasteiger partial charge in [0, 0.05) is 6.08 Å². The van der Waals surface area contributed by atoms with E-state index in [9.17, 15) is 4.79 Å². The smallest absolute Gasteiger partial charge is 0.331 e. The van der Waals surface area contributed by atoms with Crippen LogP contribution in [0.5, 0.6) is 0 Å². The second kappa shape index (κ2) is 13.6. The van der Waals surface area contributed by atoms with Gasteiger partial charge in [-0.25, -0.2) is 4.79 Å². The number of carbonyl (C=O) groups excluding carboxylic acids is 1. The lowest BCUT2D eigenvalue weighted by Crippen LogP contribution is -2.22. The van der Waals surface area contributed by atoms with E-state index in [0.29, 0.717) is 0 Å². The predicted molar refractivity (Wildman–Crippen MR) is 117 cm³/mol. The zero-order chi connectivity index (χ0) is 20.0. The van der Waals surface area contributed by atoms with Crippen LogP contribution in [0.3, 0.4) is 0 Å². The SMILES string of the molecule is CCCCCCCCCCCCc1ccccc1C=CC(=O)OC(C)(C)C. The van der Waals surface area contributed by atoms with Gasteiger partial charge in [-0.3, -0.25) is 0 Å². The average Bonchev–Trinajstić information content (AvgIpc) is 2.61. The second-order valence-electron chi connectivity index (χ2n) is 8.50. The summed E-state index contributed by atoms with van der Waals surface area (Å²) in [5.74, 6) is -0.281. The fourth-order valence-electron chi connectivity index (χ4n) is 3.22. The third-order valence-corrected chi connectivity index (χ3v) is 4.66. The van der Waals surface area contributed by atoms with E-state index in [4.69, 9.17) is 4.74 Å². The molecule has 0 amide bonds. The highest BCUT2D eigenvalue weighted by molar-refractivity contribution is 5.87. The first-order valence-corrected chi connectivity index (χ1v) is 10.9. The summed E-state index contributed by atoms with van der Waals surface area (Å²) in [6.07, 6.45) is 18.0. The van der Waals surface area contributed by atoms with Crippen LogP contribution in [0.1, 0.15) is 103 Å². The van der Waals surface area contributed by atoms with Crippen molar-refractivity contribution in [2.75, 3.05) is 0 Å². The Bertz CT molecular complexity index is 552. The van der Waals surface area contributed by atoms with Crippen LogP contribution >= 0.6 is 0 Å². The zero-order valence-corrected chi connectivity index (χ0v) is 18.1. The number of benzene rings is 1. The summed E-state index contributed by atoms with van der Waals surface area (Å²) >= 11 is 0. The van der Waals surface area contributed by atoms with Crippen molar-refractivity contribution < 1.29 is 9.53 Å². The molecule has 2 nitrogen and oxygen atoms in total. The number of esters is 1. The van der Waals surface area contributed by atoms with Crippen molar-refractivity contribution >= 4 is 12.0 Å². The van der Waals surface area contributed by atoms with Gasteiger partial charge in [0.1, 0.15) is 5.60 Å². The molecular formula is C25H40O2. The minimum absolute atomic E-state index is 0.281. The van der Waals surface area contributed by atoms with Gasteiger partial charge in [0.25, 0.3) is 0 Å². The Morgan fingerprint density at radius 3 is 2.04 bits per heavy atom. The van der Waals surface area contributed by atoms with E-state index in [1.807, 2.05) is 32.9 Å². The third kappa shape index (κ3) is 12.4. The number of aryl methyl sites for hydroxylation is 1. The van der Waals surface area contributed by atoms with Gasteiger partial charge in [-0.2, -0.15) is 0 Å². The largest absolute Gasteiger partial charge is 0.457 e. The maximum absolute atomic E-state index is 11.9.